The number of ether oxygens (including phenoxy) is 1. The van der Waals surface area contributed by atoms with E-state index in [0.29, 0.717) is 18.2 Å². The van der Waals surface area contributed by atoms with Crippen molar-refractivity contribution in [1.82, 2.24) is 9.80 Å². The average Bonchev–Trinajstić information content (AvgIpc) is 2.75. The first kappa shape index (κ1) is 23.2. The van der Waals surface area contributed by atoms with Gasteiger partial charge in [-0.25, -0.2) is 4.39 Å². The fourth-order valence-corrected chi connectivity index (χ4v) is 4.16. The fourth-order valence-electron chi connectivity index (χ4n) is 4.16. The summed E-state index contributed by atoms with van der Waals surface area (Å²) < 4.78 is 19.0. The summed E-state index contributed by atoms with van der Waals surface area (Å²) >= 11 is 0. The first-order valence-electron chi connectivity index (χ1n) is 11.0. The van der Waals surface area contributed by atoms with Crippen molar-refractivity contribution in [1.29, 1.82) is 0 Å². The van der Waals surface area contributed by atoms with Gasteiger partial charge in [-0.1, -0.05) is 32.0 Å². The van der Waals surface area contributed by atoms with E-state index < -0.39 is 0 Å². The van der Waals surface area contributed by atoms with Crippen molar-refractivity contribution >= 4 is 11.6 Å². The van der Waals surface area contributed by atoms with Crippen LogP contribution in [0.15, 0.2) is 36.4 Å². The van der Waals surface area contributed by atoms with Gasteiger partial charge in [-0.15, -0.1) is 0 Å². The number of aryl methyl sites for hydroxylation is 1. The Kier molecular flexibility index (Phi) is 7.68. The third kappa shape index (κ3) is 5.63. The minimum atomic E-state index is -0.253. The van der Waals surface area contributed by atoms with Crippen LogP contribution in [0.25, 0.3) is 0 Å². The number of rotatable bonds is 7. The Morgan fingerprint density at radius 1 is 1.13 bits per heavy atom. The monoisotopic (exact) mass is 427 g/mol. The second-order valence-corrected chi connectivity index (χ2v) is 8.63. The third-order valence-corrected chi connectivity index (χ3v) is 6.15. The molecule has 1 aliphatic heterocycles. The summed E-state index contributed by atoms with van der Waals surface area (Å²) in [4.78, 5) is 17.5. The highest BCUT2D eigenvalue weighted by Crippen LogP contribution is 2.28. The molecule has 168 valence electrons. The molecule has 1 saturated heterocycles. The molecule has 1 fully saturated rings. The number of piperazine rings is 1. The SMILES string of the molecule is COc1ccc(F)cc1CN1CCN([C@@H](C)C(=O)Nc2c(C)cccc2C(C)C)CC1. The number of carbonyl (C=O) groups is 1. The van der Waals surface area contributed by atoms with Crippen LogP contribution >= 0.6 is 0 Å². The van der Waals surface area contributed by atoms with Crippen molar-refractivity contribution < 1.29 is 13.9 Å². The number of hydrogen-bond acceptors (Lipinski definition) is 4. The minimum Gasteiger partial charge on any atom is -0.496 e. The molecule has 1 atom stereocenters. The molecule has 1 N–H and O–H groups in total. The smallest absolute Gasteiger partial charge is 0.241 e. The zero-order chi connectivity index (χ0) is 22.5. The van der Waals surface area contributed by atoms with Crippen LogP contribution in [0.1, 0.15) is 43.4 Å². The lowest BCUT2D eigenvalue weighted by molar-refractivity contribution is -0.121. The predicted octanol–water partition coefficient (Wildman–Crippen LogP) is 4.41. The highest BCUT2D eigenvalue weighted by atomic mass is 19.1. The number of carbonyl (C=O) groups excluding carboxylic acids is 1. The molecule has 0 saturated carbocycles. The Morgan fingerprint density at radius 3 is 2.48 bits per heavy atom. The Balaban J connectivity index is 1.59. The highest BCUT2D eigenvalue weighted by molar-refractivity contribution is 5.96. The molecule has 0 spiro atoms. The number of amides is 1. The average molecular weight is 428 g/mol. The number of anilines is 1. The molecular formula is C25H34FN3O2. The second-order valence-electron chi connectivity index (χ2n) is 8.63. The molecule has 0 aromatic heterocycles. The molecule has 0 unspecified atom stereocenters. The first-order chi connectivity index (χ1) is 14.8. The molecule has 1 heterocycles. The second kappa shape index (κ2) is 10.2. The van der Waals surface area contributed by atoms with Gasteiger partial charge < -0.3 is 10.1 Å². The van der Waals surface area contributed by atoms with E-state index in [-0.39, 0.29) is 17.8 Å². The minimum absolute atomic E-state index is 0.0245. The molecule has 31 heavy (non-hydrogen) atoms. The summed E-state index contributed by atoms with van der Waals surface area (Å²) in [7, 11) is 1.61. The Morgan fingerprint density at radius 2 is 1.84 bits per heavy atom. The number of hydrogen-bond donors (Lipinski definition) is 1. The number of para-hydroxylation sites is 1. The zero-order valence-electron chi connectivity index (χ0n) is 19.2. The van der Waals surface area contributed by atoms with Crippen LogP contribution in [0.2, 0.25) is 0 Å². The van der Waals surface area contributed by atoms with E-state index >= 15 is 0 Å². The van der Waals surface area contributed by atoms with E-state index in [4.69, 9.17) is 4.74 Å². The topological polar surface area (TPSA) is 44.8 Å². The van der Waals surface area contributed by atoms with Gasteiger partial charge in [-0.05, 0) is 49.1 Å². The summed E-state index contributed by atoms with van der Waals surface area (Å²) in [6.07, 6.45) is 0. The van der Waals surface area contributed by atoms with E-state index in [1.165, 1.54) is 12.1 Å². The molecule has 1 amide bonds. The van der Waals surface area contributed by atoms with Gasteiger partial charge in [0.05, 0.1) is 13.2 Å². The van der Waals surface area contributed by atoms with Gasteiger partial charge in [0.2, 0.25) is 5.91 Å². The summed E-state index contributed by atoms with van der Waals surface area (Å²) in [6, 6.07) is 10.6. The summed E-state index contributed by atoms with van der Waals surface area (Å²) in [5.74, 6) is 0.817. The first-order valence-corrected chi connectivity index (χ1v) is 11.0. The molecule has 0 radical (unpaired) electrons. The van der Waals surface area contributed by atoms with Crippen LogP contribution in [0, 0.1) is 12.7 Å². The molecule has 0 bridgehead atoms. The van der Waals surface area contributed by atoms with Crippen molar-refractivity contribution in [3.05, 3.63) is 58.9 Å². The van der Waals surface area contributed by atoms with Crippen molar-refractivity contribution in [2.45, 2.75) is 46.2 Å². The van der Waals surface area contributed by atoms with E-state index in [2.05, 4.69) is 35.0 Å². The molecule has 2 aromatic carbocycles. The number of halogens is 1. The number of methoxy groups -OCH3 is 1. The Labute approximate surface area is 185 Å². The standard InChI is InChI=1S/C25H34FN3O2/c1-17(2)22-8-6-7-18(3)24(22)27-25(30)19(4)29-13-11-28(12-14-29)16-20-15-21(26)9-10-23(20)31-5/h6-10,15,17,19H,11-14,16H2,1-5H3,(H,27,30)/t19-/m0/s1. The van der Waals surface area contributed by atoms with Gasteiger partial charge >= 0.3 is 0 Å². The Bertz CT molecular complexity index is 908. The molecule has 2 aromatic rings. The molecule has 6 heteroatoms. The number of benzene rings is 2. The Hall–Kier alpha value is -2.44. The van der Waals surface area contributed by atoms with Crippen LogP contribution in [-0.2, 0) is 11.3 Å². The van der Waals surface area contributed by atoms with Gasteiger partial charge in [0, 0.05) is 44.0 Å². The van der Waals surface area contributed by atoms with Crippen LogP contribution in [0.4, 0.5) is 10.1 Å². The lowest BCUT2D eigenvalue weighted by atomic mass is 9.98. The normalized spacial score (nSPS) is 16.4. The van der Waals surface area contributed by atoms with Gasteiger partial charge in [0.25, 0.3) is 0 Å². The lowest BCUT2D eigenvalue weighted by Crippen LogP contribution is -2.52. The molecule has 1 aliphatic rings. The van der Waals surface area contributed by atoms with Crippen LogP contribution in [0.5, 0.6) is 5.75 Å². The van der Waals surface area contributed by atoms with E-state index in [0.717, 1.165) is 48.6 Å². The van der Waals surface area contributed by atoms with Gasteiger partial charge in [0.1, 0.15) is 11.6 Å². The lowest BCUT2D eigenvalue weighted by Gasteiger charge is -2.37. The quantitative estimate of drug-likeness (QED) is 0.711. The van der Waals surface area contributed by atoms with E-state index in [1.54, 1.807) is 13.2 Å². The summed E-state index contributed by atoms with van der Waals surface area (Å²) in [5.41, 5.74) is 4.03. The van der Waals surface area contributed by atoms with Gasteiger partial charge in [-0.2, -0.15) is 0 Å². The maximum atomic E-state index is 13.7. The maximum absolute atomic E-state index is 13.7. The largest absolute Gasteiger partial charge is 0.496 e. The van der Waals surface area contributed by atoms with Crippen molar-refractivity contribution in [2.75, 3.05) is 38.6 Å². The highest BCUT2D eigenvalue weighted by Gasteiger charge is 2.27. The van der Waals surface area contributed by atoms with Crippen molar-refractivity contribution in [3.8, 4) is 5.75 Å². The maximum Gasteiger partial charge on any atom is 0.241 e. The van der Waals surface area contributed by atoms with Gasteiger partial charge in [-0.3, -0.25) is 14.6 Å². The summed E-state index contributed by atoms with van der Waals surface area (Å²) in [5, 5.41) is 3.18. The molecule has 5 nitrogen and oxygen atoms in total. The molecule has 0 aliphatic carbocycles. The summed E-state index contributed by atoms with van der Waals surface area (Å²) in [6.45, 7) is 12.1. The third-order valence-electron chi connectivity index (χ3n) is 6.15. The van der Waals surface area contributed by atoms with Crippen LogP contribution < -0.4 is 10.1 Å². The van der Waals surface area contributed by atoms with E-state index in [1.807, 2.05) is 26.0 Å². The zero-order valence-corrected chi connectivity index (χ0v) is 19.2. The number of nitrogens with one attached hydrogen (secondary N) is 1. The predicted molar refractivity (Wildman–Crippen MR) is 123 cm³/mol. The van der Waals surface area contributed by atoms with Gasteiger partial charge in [0.15, 0.2) is 0 Å². The molecule has 3 rings (SSSR count). The van der Waals surface area contributed by atoms with Crippen molar-refractivity contribution in [3.63, 3.8) is 0 Å². The number of nitrogens with zero attached hydrogens (tertiary/aromatic N) is 2. The molecular weight excluding hydrogens is 393 g/mol. The van der Waals surface area contributed by atoms with Crippen molar-refractivity contribution in [2.24, 2.45) is 0 Å². The van der Waals surface area contributed by atoms with Crippen LogP contribution in [0.3, 0.4) is 0 Å². The fraction of sp³-hybridized carbons (Fsp3) is 0.480. The van der Waals surface area contributed by atoms with Crippen LogP contribution in [-0.4, -0.2) is 55.0 Å². The van der Waals surface area contributed by atoms with E-state index in [9.17, 15) is 9.18 Å².